The van der Waals surface area contributed by atoms with E-state index in [1.165, 1.54) is 34.6 Å². The number of ether oxygens (including phenoxy) is 1. The van der Waals surface area contributed by atoms with Crippen LogP contribution < -0.4 is 9.61 Å². The number of fused-ring (bicyclic) bond motifs is 1. The van der Waals surface area contributed by atoms with Crippen molar-refractivity contribution < 1.29 is 22.3 Å². The molecule has 2 aromatic carbocycles. The maximum atomic E-state index is 13.1. The number of benzene rings is 2. The quantitative estimate of drug-likeness (QED) is 0.505. The molecule has 1 aromatic heterocycles. The summed E-state index contributed by atoms with van der Waals surface area (Å²) in [6.07, 6.45) is 0.809. The number of piperazine rings is 1. The molecule has 1 amide bonds. The van der Waals surface area contributed by atoms with Gasteiger partial charge in [-0.05, 0) is 48.9 Å². The van der Waals surface area contributed by atoms with Gasteiger partial charge >= 0.3 is 4.87 Å². The number of amides is 1. The van der Waals surface area contributed by atoms with E-state index in [0.29, 0.717) is 17.0 Å². The van der Waals surface area contributed by atoms with Gasteiger partial charge in [0.25, 0.3) is 5.91 Å². The lowest BCUT2D eigenvalue weighted by Gasteiger charge is -2.34. The highest BCUT2D eigenvalue weighted by atomic mass is 32.2. The second kappa shape index (κ2) is 9.62. The van der Waals surface area contributed by atoms with Gasteiger partial charge in [0.05, 0.1) is 15.1 Å². The molecule has 0 radical (unpaired) electrons. The molecule has 1 fully saturated rings. The van der Waals surface area contributed by atoms with Crippen molar-refractivity contribution in [1.82, 2.24) is 13.8 Å². The molecule has 3 aromatic rings. The predicted octanol–water partition coefficient (Wildman–Crippen LogP) is 2.52. The third kappa shape index (κ3) is 4.94. The Balaban J connectivity index is 1.39. The molecule has 0 spiro atoms. The van der Waals surface area contributed by atoms with Crippen LogP contribution in [-0.2, 0) is 21.4 Å². The predicted molar refractivity (Wildman–Crippen MR) is 124 cm³/mol. The number of hydrogen-bond acceptors (Lipinski definition) is 6. The summed E-state index contributed by atoms with van der Waals surface area (Å²) in [5, 5.41) is 0. The van der Waals surface area contributed by atoms with Gasteiger partial charge in [0.15, 0.2) is 6.61 Å². The number of halogens is 1. The average molecular weight is 494 g/mol. The summed E-state index contributed by atoms with van der Waals surface area (Å²) in [7, 11) is -3.75. The number of sulfonamides is 1. The van der Waals surface area contributed by atoms with Crippen molar-refractivity contribution in [3.05, 3.63) is 57.9 Å². The zero-order valence-electron chi connectivity index (χ0n) is 18.1. The fourth-order valence-electron chi connectivity index (χ4n) is 3.74. The monoisotopic (exact) mass is 493 g/mol. The molecule has 0 saturated carbocycles. The summed E-state index contributed by atoms with van der Waals surface area (Å²) in [5.41, 5.74) is 0.738. The highest BCUT2D eigenvalue weighted by Crippen LogP contribution is 2.25. The smallest absolute Gasteiger partial charge is 0.308 e. The number of carbonyl (C=O) groups is 1. The number of hydrogen-bond donors (Lipinski definition) is 0. The summed E-state index contributed by atoms with van der Waals surface area (Å²) in [4.78, 5) is 26.2. The van der Waals surface area contributed by atoms with Crippen molar-refractivity contribution in [2.45, 2.75) is 24.8 Å². The van der Waals surface area contributed by atoms with Crippen molar-refractivity contribution in [2.75, 3.05) is 32.8 Å². The molecular weight excluding hydrogens is 469 g/mol. The van der Waals surface area contributed by atoms with Crippen LogP contribution in [-0.4, -0.2) is 60.9 Å². The maximum absolute atomic E-state index is 13.1. The molecule has 0 atom stereocenters. The first-order valence-corrected chi connectivity index (χ1v) is 12.8. The lowest BCUT2D eigenvalue weighted by molar-refractivity contribution is -0.134. The molecule has 33 heavy (non-hydrogen) atoms. The minimum absolute atomic E-state index is 0.101. The van der Waals surface area contributed by atoms with Gasteiger partial charge in [-0.1, -0.05) is 18.3 Å². The summed E-state index contributed by atoms with van der Waals surface area (Å²) >= 11 is 1.04. The number of aryl methyl sites for hydroxylation is 1. The number of nitrogens with zero attached hydrogens (tertiary/aromatic N) is 3. The average Bonchev–Trinajstić information content (AvgIpc) is 3.13. The van der Waals surface area contributed by atoms with E-state index in [9.17, 15) is 22.4 Å². The van der Waals surface area contributed by atoms with Gasteiger partial charge < -0.3 is 9.64 Å². The number of aromatic nitrogens is 1. The van der Waals surface area contributed by atoms with Crippen molar-refractivity contribution in [3.63, 3.8) is 0 Å². The standard InChI is InChI=1S/C22H24FN3O5S2/c1-2-9-26-19-8-7-18(14-20(19)32-22(26)28)33(29,30)25-12-10-24(11-13-25)21(27)15-31-17-5-3-16(23)4-6-17/h3-8,14H,2,9-13,15H2,1H3. The Hall–Kier alpha value is -2.76. The van der Waals surface area contributed by atoms with E-state index in [1.54, 1.807) is 21.6 Å². The van der Waals surface area contributed by atoms with E-state index in [-0.39, 0.29) is 48.5 Å². The minimum atomic E-state index is -3.75. The van der Waals surface area contributed by atoms with E-state index >= 15 is 0 Å². The van der Waals surface area contributed by atoms with Crippen LogP contribution in [0, 0.1) is 5.82 Å². The Labute approximate surface area is 194 Å². The number of carbonyl (C=O) groups excluding carboxylic acids is 1. The topological polar surface area (TPSA) is 88.9 Å². The zero-order chi connectivity index (χ0) is 23.6. The molecule has 8 nitrogen and oxygen atoms in total. The summed E-state index contributed by atoms with van der Waals surface area (Å²) < 4.78 is 48.3. The molecule has 176 valence electrons. The van der Waals surface area contributed by atoms with Gasteiger partial charge in [-0.25, -0.2) is 12.8 Å². The van der Waals surface area contributed by atoms with Crippen LogP contribution in [0.3, 0.4) is 0 Å². The first-order chi connectivity index (χ1) is 15.8. The Bertz CT molecular complexity index is 1310. The zero-order valence-corrected chi connectivity index (χ0v) is 19.7. The van der Waals surface area contributed by atoms with E-state index in [0.717, 1.165) is 23.3 Å². The molecule has 0 N–H and O–H groups in total. The first-order valence-electron chi connectivity index (χ1n) is 10.6. The molecular formula is C22H24FN3O5S2. The van der Waals surface area contributed by atoms with Crippen LogP contribution in [0.4, 0.5) is 4.39 Å². The third-order valence-corrected chi connectivity index (χ3v) is 8.33. The van der Waals surface area contributed by atoms with Crippen LogP contribution >= 0.6 is 11.3 Å². The fraction of sp³-hybridized carbons (Fsp3) is 0.364. The Kier molecular flexibility index (Phi) is 6.82. The van der Waals surface area contributed by atoms with Gasteiger partial charge in [0.2, 0.25) is 10.0 Å². The summed E-state index contributed by atoms with van der Waals surface area (Å²) in [5.74, 6) is -0.269. The molecule has 0 bridgehead atoms. The van der Waals surface area contributed by atoms with E-state index < -0.39 is 15.8 Å². The second-order valence-electron chi connectivity index (χ2n) is 7.68. The molecule has 1 aliphatic rings. The molecule has 11 heteroatoms. The van der Waals surface area contributed by atoms with Crippen molar-refractivity contribution in [2.24, 2.45) is 0 Å². The normalized spacial score (nSPS) is 15.2. The van der Waals surface area contributed by atoms with Crippen LogP contribution in [0.15, 0.2) is 52.2 Å². The highest BCUT2D eigenvalue weighted by Gasteiger charge is 2.30. The lowest BCUT2D eigenvalue weighted by atomic mass is 10.3. The van der Waals surface area contributed by atoms with Crippen LogP contribution in [0.25, 0.3) is 10.2 Å². The Morgan fingerprint density at radius 2 is 1.79 bits per heavy atom. The summed E-state index contributed by atoms with van der Waals surface area (Å²) in [6, 6.07) is 10.1. The molecule has 0 aliphatic carbocycles. The van der Waals surface area contributed by atoms with Gasteiger partial charge in [-0.3, -0.25) is 14.2 Å². The largest absolute Gasteiger partial charge is 0.484 e. The van der Waals surface area contributed by atoms with Crippen molar-refractivity contribution in [3.8, 4) is 5.75 Å². The van der Waals surface area contributed by atoms with Crippen LogP contribution in [0.5, 0.6) is 5.75 Å². The molecule has 1 saturated heterocycles. The Morgan fingerprint density at radius 3 is 2.45 bits per heavy atom. The van der Waals surface area contributed by atoms with Gasteiger partial charge in [0, 0.05) is 32.7 Å². The molecule has 0 unspecified atom stereocenters. The van der Waals surface area contributed by atoms with E-state index in [1.807, 2.05) is 6.92 Å². The van der Waals surface area contributed by atoms with Gasteiger partial charge in [0.1, 0.15) is 11.6 Å². The minimum Gasteiger partial charge on any atom is -0.484 e. The van der Waals surface area contributed by atoms with Crippen molar-refractivity contribution in [1.29, 1.82) is 0 Å². The number of rotatable bonds is 7. The van der Waals surface area contributed by atoms with E-state index in [4.69, 9.17) is 4.74 Å². The maximum Gasteiger partial charge on any atom is 0.308 e. The van der Waals surface area contributed by atoms with Crippen LogP contribution in [0.2, 0.25) is 0 Å². The van der Waals surface area contributed by atoms with Gasteiger partial charge in [-0.15, -0.1) is 0 Å². The first kappa shape index (κ1) is 23.4. The van der Waals surface area contributed by atoms with Crippen molar-refractivity contribution >= 4 is 37.5 Å². The van der Waals surface area contributed by atoms with Crippen LogP contribution in [0.1, 0.15) is 13.3 Å². The highest BCUT2D eigenvalue weighted by molar-refractivity contribution is 7.89. The van der Waals surface area contributed by atoms with E-state index in [2.05, 4.69) is 0 Å². The third-order valence-electron chi connectivity index (χ3n) is 5.49. The van der Waals surface area contributed by atoms with Gasteiger partial charge in [-0.2, -0.15) is 4.31 Å². The Morgan fingerprint density at radius 1 is 1.09 bits per heavy atom. The molecule has 1 aliphatic heterocycles. The summed E-state index contributed by atoms with van der Waals surface area (Å²) in [6.45, 7) is 3.18. The molecule has 2 heterocycles. The SMILES string of the molecule is CCCn1c(=O)sc2cc(S(=O)(=O)N3CCN(C(=O)COc4ccc(F)cc4)CC3)ccc21. The number of thiazole rings is 1. The fourth-order valence-corrected chi connectivity index (χ4v) is 6.22. The second-order valence-corrected chi connectivity index (χ2v) is 10.6. The molecule has 4 rings (SSSR count). The lowest BCUT2D eigenvalue weighted by Crippen LogP contribution is -2.51.